The highest BCUT2D eigenvalue weighted by Crippen LogP contribution is 2.27. The predicted octanol–water partition coefficient (Wildman–Crippen LogP) is 1.76. The molecule has 1 aliphatic rings. The number of aliphatic imine (C=N–C) groups is 1. The third-order valence-corrected chi connectivity index (χ3v) is 8.32. The number of amides is 1. The molecule has 16 nitrogen and oxygen atoms in total. The minimum atomic E-state index is -0.0109. The molecule has 0 saturated carbocycles. The summed E-state index contributed by atoms with van der Waals surface area (Å²) in [6, 6.07) is 11.1. The maximum atomic E-state index is 12.9. The van der Waals surface area contributed by atoms with E-state index in [1.165, 1.54) is 18.0 Å². The van der Waals surface area contributed by atoms with Gasteiger partial charge in [-0.1, -0.05) is 18.2 Å². The van der Waals surface area contributed by atoms with Gasteiger partial charge in [-0.2, -0.15) is 0 Å². The van der Waals surface area contributed by atoms with Crippen LogP contribution in [0.25, 0.3) is 0 Å². The largest absolute Gasteiger partial charge is 0.506 e. The summed E-state index contributed by atoms with van der Waals surface area (Å²) < 4.78 is 32.7. The average Bonchev–Trinajstić information content (AvgIpc) is 3.17. The second-order valence-corrected chi connectivity index (χ2v) is 12.1. The van der Waals surface area contributed by atoms with Gasteiger partial charge in [0.15, 0.2) is 0 Å². The first-order valence-corrected chi connectivity index (χ1v) is 17.9. The minimum Gasteiger partial charge on any atom is -0.506 e. The fourth-order valence-corrected chi connectivity index (χ4v) is 5.57. The smallest absolute Gasteiger partial charge is 0.225 e. The topological polar surface area (TPSA) is 224 Å². The molecule has 0 aliphatic carbocycles. The van der Waals surface area contributed by atoms with Crippen LogP contribution in [0.2, 0.25) is 0 Å². The van der Waals surface area contributed by atoms with Crippen molar-refractivity contribution in [3.63, 3.8) is 0 Å². The Hall–Kier alpha value is -4.42. The normalized spacial score (nSPS) is 12.9. The summed E-state index contributed by atoms with van der Waals surface area (Å²) in [5, 5.41) is 13.3. The van der Waals surface area contributed by atoms with Crippen molar-refractivity contribution in [3.8, 4) is 5.75 Å². The number of ether oxygens (including phenoxy) is 6. The van der Waals surface area contributed by atoms with Gasteiger partial charge in [-0.15, -0.1) is 0 Å². The number of nitrogens with zero attached hydrogens (tertiary/aromatic N) is 4. The van der Waals surface area contributed by atoms with Gasteiger partial charge in [-0.25, -0.2) is 9.97 Å². The molecule has 8 N–H and O–H groups in total. The van der Waals surface area contributed by atoms with Crippen molar-refractivity contribution in [2.45, 2.75) is 25.9 Å². The number of fused-ring (bicyclic) bond motifs is 1. The number of rotatable bonds is 25. The van der Waals surface area contributed by atoms with Crippen molar-refractivity contribution in [2.24, 2.45) is 10.7 Å². The van der Waals surface area contributed by atoms with Gasteiger partial charge in [0.1, 0.15) is 23.7 Å². The third kappa shape index (κ3) is 13.8. The van der Waals surface area contributed by atoms with E-state index in [9.17, 15) is 9.90 Å². The van der Waals surface area contributed by atoms with Crippen molar-refractivity contribution in [1.29, 1.82) is 0 Å². The Labute approximate surface area is 311 Å². The number of nitrogens with one attached hydrogen (secondary N) is 1. The maximum absolute atomic E-state index is 12.9. The Kier molecular flexibility index (Phi) is 18.2. The lowest BCUT2D eigenvalue weighted by molar-refractivity contribution is -0.133. The first-order valence-electron chi connectivity index (χ1n) is 17.9. The molecule has 53 heavy (non-hydrogen) atoms. The molecule has 2 heterocycles. The Morgan fingerprint density at radius 2 is 1.45 bits per heavy atom. The molecule has 0 unspecified atom stereocenters. The van der Waals surface area contributed by atoms with E-state index in [0.717, 1.165) is 17.5 Å². The van der Waals surface area contributed by atoms with Gasteiger partial charge < -0.3 is 60.9 Å². The van der Waals surface area contributed by atoms with Crippen molar-refractivity contribution in [1.82, 2.24) is 14.9 Å². The number of anilines is 3. The van der Waals surface area contributed by atoms with Crippen LogP contribution in [0.1, 0.15) is 34.2 Å². The van der Waals surface area contributed by atoms with Gasteiger partial charge in [0.2, 0.25) is 5.91 Å². The number of benzene rings is 2. The van der Waals surface area contributed by atoms with Crippen LogP contribution < -0.4 is 22.5 Å². The molecular formula is C37H54N8O8. The molecule has 0 saturated heterocycles. The fraction of sp³-hybridized carbons (Fsp3) is 0.514. The van der Waals surface area contributed by atoms with E-state index in [1.807, 2.05) is 11.0 Å². The monoisotopic (exact) mass is 738 g/mol. The van der Waals surface area contributed by atoms with Gasteiger partial charge in [0.05, 0.1) is 103 Å². The Morgan fingerprint density at radius 1 is 0.830 bits per heavy atom. The lowest BCUT2D eigenvalue weighted by Gasteiger charge is -2.29. The van der Waals surface area contributed by atoms with Crippen LogP contribution in [-0.2, 0) is 52.7 Å². The highest BCUT2D eigenvalue weighted by Gasteiger charge is 2.22. The van der Waals surface area contributed by atoms with E-state index in [-0.39, 0.29) is 23.2 Å². The van der Waals surface area contributed by atoms with Crippen LogP contribution in [0.4, 0.5) is 17.3 Å². The van der Waals surface area contributed by atoms with Crippen molar-refractivity contribution >= 4 is 28.9 Å². The van der Waals surface area contributed by atoms with Crippen LogP contribution in [-0.4, -0.2) is 131 Å². The third-order valence-electron chi connectivity index (χ3n) is 8.32. The van der Waals surface area contributed by atoms with Crippen LogP contribution in [0.5, 0.6) is 5.75 Å². The van der Waals surface area contributed by atoms with Crippen molar-refractivity contribution < 1.29 is 38.3 Å². The second-order valence-electron chi connectivity index (χ2n) is 12.1. The van der Waals surface area contributed by atoms with Gasteiger partial charge in [0, 0.05) is 38.8 Å². The van der Waals surface area contributed by atoms with E-state index in [0.29, 0.717) is 135 Å². The Balaban J connectivity index is 1.09. The van der Waals surface area contributed by atoms with Crippen LogP contribution in [0.15, 0.2) is 47.7 Å². The molecule has 1 aromatic heterocycles. The van der Waals surface area contributed by atoms with Gasteiger partial charge >= 0.3 is 0 Å². The lowest BCUT2D eigenvalue weighted by Crippen LogP contribution is -2.36. The molecular weight excluding hydrogens is 684 g/mol. The van der Waals surface area contributed by atoms with Crippen molar-refractivity contribution in [2.75, 3.05) is 116 Å². The summed E-state index contributed by atoms with van der Waals surface area (Å²) >= 11 is 0. The second kappa shape index (κ2) is 23.3. The number of nitrogens with two attached hydrogens (primary N) is 3. The molecule has 4 rings (SSSR count). The number of hydrogen-bond donors (Lipinski definition) is 5. The number of carbonyl (C=O) groups excluding carboxylic acids is 1. The zero-order chi connectivity index (χ0) is 37.7. The number of nitrogen functional groups attached to an aromatic ring is 2. The number of phenols is 1. The zero-order valence-electron chi connectivity index (χ0n) is 30.6. The van der Waals surface area contributed by atoms with Gasteiger partial charge in [-0.3, -0.25) is 9.79 Å². The Morgan fingerprint density at radius 3 is 2.06 bits per heavy atom. The average molecular weight is 739 g/mol. The molecule has 0 spiro atoms. The molecule has 2 aromatic carbocycles. The highest BCUT2D eigenvalue weighted by molar-refractivity contribution is 6.18. The number of carbonyl (C=O) groups is 1. The molecule has 0 atom stereocenters. The van der Waals surface area contributed by atoms with E-state index < -0.39 is 0 Å². The highest BCUT2D eigenvalue weighted by atomic mass is 16.6. The van der Waals surface area contributed by atoms with E-state index in [4.69, 9.17) is 45.6 Å². The first-order chi connectivity index (χ1) is 25.9. The molecule has 290 valence electrons. The van der Waals surface area contributed by atoms with Gasteiger partial charge in [0.25, 0.3) is 0 Å². The van der Waals surface area contributed by atoms with Crippen LogP contribution >= 0.6 is 0 Å². The number of hydrogen-bond acceptors (Lipinski definition) is 15. The van der Waals surface area contributed by atoms with E-state index in [2.05, 4.69) is 32.4 Å². The molecule has 0 bridgehead atoms. The minimum absolute atomic E-state index is 0.0109. The molecule has 3 aromatic rings. The fourth-order valence-electron chi connectivity index (χ4n) is 5.57. The zero-order valence-corrected chi connectivity index (χ0v) is 30.6. The summed E-state index contributed by atoms with van der Waals surface area (Å²) in [7, 11) is 1.65. The van der Waals surface area contributed by atoms with Crippen LogP contribution in [0.3, 0.4) is 0 Å². The molecule has 1 amide bonds. The number of aromatic nitrogens is 2. The molecule has 1 aliphatic heterocycles. The summed E-state index contributed by atoms with van der Waals surface area (Å²) in [6.07, 6.45) is 2.48. The van der Waals surface area contributed by atoms with E-state index in [1.54, 1.807) is 19.2 Å². The predicted molar refractivity (Wildman–Crippen MR) is 202 cm³/mol. The summed E-state index contributed by atoms with van der Waals surface area (Å²) in [4.78, 5) is 27.8. The molecule has 0 fully saturated rings. The number of aromatic hydroxyl groups is 1. The standard InChI is InChI=1S/C37H54N8O8/c1-41-35(29-4-5-32(46)31(39)23-29)34-36(40)43-26-44-37(34)42-24-27-2-3-30-25-45(9-6-28(30)22-27)33(47)7-10-48-12-14-50-16-18-52-20-21-53-19-17-51-15-13-49-11-8-38/h2-5,22-23,26,46H,6-21,24-25,38-39H2,1H3,(H3,40,42,43,44)/b41-35-. The van der Waals surface area contributed by atoms with Crippen molar-refractivity contribution in [3.05, 3.63) is 70.5 Å². The summed E-state index contributed by atoms with van der Waals surface area (Å²) in [6.45, 7) is 7.92. The van der Waals surface area contributed by atoms with Crippen LogP contribution in [0, 0.1) is 0 Å². The quantitative estimate of drug-likeness (QED) is 0.0362. The summed E-state index contributed by atoms with van der Waals surface area (Å²) in [5.41, 5.74) is 23.0. The van der Waals surface area contributed by atoms with E-state index >= 15 is 0 Å². The number of phenolic OH excluding ortho intramolecular Hbond substituents is 1. The Bertz CT molecular complexity index is 1590. The SMILES string of the molecule is C/N=C(/c1ccc(O)c(N)c1)c1c(N)ncnc1NCc1ccc2c(c1)CCN(C(=O)CCOCCOCCOCCOCCOCCOCCN)C2. The summed E-state index contributed by atoms with van der Waals surface area (Å²) in [5.74, 6) is 0.851. The first kappa shape index (κ1) is 41.3. The maximum Gasteiger partial charge on any atom is 0.225 e. The molecule has 16 heteroatoms. The lowest BCUT2D eigenvalue weighted by atomic mass is 9.97. The van der Waals surface area contributed by atoms with Gasteiger partial charge in [-0.05, 0) is 41.3 Å². The molecule has 0 radical (unpaired) electrons.